The van der Waals surface area contributed by atoms with E-state index in [1.54, 1.807) is 0 Å². The second-order valence-electron chi connectivity index (χ2n) is 9.74. The van der Waals surface area contributed by atoms with Gasteiger partial charge in [-0.1, -0.05) is 73.5 Å². The number of benzene rings is 4. The molecule has 0 aliphatic carbocycles. The van der Waals surface area contributed by atoms with E-state index in [0.717, 1.165) is 46.0 Å². The van der Waals surface area contributed by atoms with Gasteiger partial charge in [-0.2, -0.15) is 0 Å². The minimum atomic E-state index is -0.943. The summed E-state index contributed by atoms with van der Waals surface area (Å²) < 4.78 is 0. The minimum absolute atomic E-state index is 0.0346. The van der Waals surface area contributed by atoms with Crippen molar-refractivity contribution in [2.24, 2.45) is 0 Å². The Morgan fingerprint density at radius 3 is 2.29 bits per heavy atom. The van der Waals surface area contributed by atoms with Gasteiger partial charge in [-0.05, 0) is 77.2 Å². The fourth-order valence-corrected chi connectivity index (χ4v) is 5.39. The molecule has 196 valence electrons. The van der Waals surface area contributed by atoms with Crippen LogP contribution in [0, 0.1) is 6.92 Å². The topological polar surface area (TPSA) is 92.4 Å². The maximum Gasteiger partial charge on any atom is 0.305 e. The van der Waals surface area contributed by atoms with E-state index in [1.807, 2.05) is 42.5 Å². The Labute approximate surface area is 228 Å². The van der Waals surface area contributed by atoms with Crippen molar-refractivity contribution >= 4 is 39.9 Å². The van der Waals surface area contributed by atoms with Crippen molar-refractivity contribution in [3.63, 3.8) is 0 Å². The predicted molar refractivity (Wildman–Crippen MR) is 155 cm³/mol. The zero-order valence-electron chi connectivity index (χ0n) is 21.7. The maximum absolute atomic E-state index is 12.5. The molecule has 0 bridgehead atoms. The second-order valence-corrected chi connectivity index (χ2v) is 10.2. The number of anilines is 1. The van der Waals surface area contributed by atoms with E-state index in [9.17, 15) is 9.59 Å². The van der Waals surface area contributed by atoms with Crippen molar-refractivity contribution < 1.29 is 14.7 Å². The summed E-state index contributed by atoms with van der Waals surface area (Å²) in [7, 11) is 0. The Hall–Kier alpha value is -3.83. The van der Waals surface area contributed by atoms with Crippen LogP contribution in [0.1, 0.15) is 70.6 Å². The Bertz CT molecular complexity index is 1430. The van der Waals surface area contributed by atoms with Gasteiger partial charge in [-0.3, -0.25) is 9.59 Å². The third-order valence-corrected chi connectivity index (χ3v) is 7.25. The third-order valence-electron chi connectivity index (χ3n) is 7.00. The molecule has 1 unspecified atom stereocenters. The molecule has 2 atom stereocenters. The number of hydrogen-bond donors (Lipinski definition) is 3. The van der Waals surface area contributed by atoms with Crippen LogP contribution in [0.5, 0.6) is 0 Å². The number of halogens is 1. The van der Waals surface area contributed by atoms with E-state index < -0.39 is 5.97 Å². The number of carboxylic acids is 1. The van der Waals surface area contributed by atoms with E-state index in [-0.39, 0.29) is 30.7 Å². The fourth-order valence-electron chi connectivity index (χ4n) is 5.26. The lowest BCUT2D eigenvalue weighted by atomic mass is 9.73. The second kappa shape index (κ2) is 12.1. The van der Waals surface area contributed by atoms with Crippen molar-refractivity contribution in [2.45, 2.75) is 44.9 Å². The van der Waals surface area contributed by atoms with Gasteiger partial charge >= 0.3 is 5.97 Å². The highest BCUT2D eigenvalue weighted by atomic mass is 35.5. The molecule has 4 rings (SSSR count). The first-order chi connectivity index (χ1) is 18.3. The van der Waals surface area contributed by atoms with Crippen LogP contribution in [0.2, 0.25) is 5.02 Å². The summed E-state index contributed by atoms with van der Waals surface area (Å²) in [6.07, 6.45) is 1.81. The average Bonchev–Trinajstić information content (AvgIpc) is 2.89. The highest BCUT2D eigenvalue weighted by molar-refractivity contribution is 6.30. The summed E-state index contributed by atoms with van der Waals surface area (Å²) in [4.78, 5) is 23.3. The lowest BCUT2D eigenvalue weighted by Gasteiger charge is -2.30. The molecule has 4 aromatic carbocycles. The summed E-state index contributed by atoms with van der Waals surface area (Å²) in [6.45, 7) is 4.34. The molecule has 0 heterocycles. The summed E-state index contributed by atoms with van der Waals surface area (Å²) in [5.41, 5.74) is 12.3. The lowest BCUT2D eigenvalue weighted by Crippen LogP contribution is -2.26. The standard InChI is InChI=1S/C32H33ClN2O3/c1-3-5-25(21-8-10-23(11-9-21)32(38)35-17-16-30(36)37)31(22-12-14-24(33)15-13-22)27-7-4-6-26-28(27)18-20(2)19-29(26)34/h4,6-15,18-19,25,31H,3,5,16-17,34H2,1-2H3,(H,35,38)(H,36,37)/t25-,31?/m1/s1. The molecule has 0 aliphatic rings. The molecule has 38 heavy (non-hydrogen) atoms. The van der Waals surface area contributed by atoms with Gasteiger partial charge in [0.1, 0.15) is 0 Å². The summed E-state index contributed by atoms with van der Waals surface area (Å²) in [5, 5.41) is 14.4. The van der Waals surface area contributed by atoms with Crippen LogP contribution in [0.15, 0.2) is 78.9 Å². The summed E-state index contributed by atoms with van der Waals surface area (Å²) >= 11 is 6.27. The van der Waals surface area contributed by atoms with Gasteiger partial charge in [0.25, 0.3) is 5.91 Å². The fraction of sp³-hybridized carbons (Fsp3) is 0.250. The number of nitrogens with two attached hydrogens (primary N) is 1. The van der Waals surface area contributed by atoms with E-state index in [2.05, 4.69) is 55.6 Å². The number of nitrogen functional groups attached to an aromatic ring is 1. The molecule has 0 saturated heterocycles. The van der Waals surface area contributed by atoms with Crippen LogP contribution >= 0.6 is 11.6 Å². The van der Waals surface area contributed by atoms with Crippen LogP contribution in [-0.4, -0.2) is 23.5 Å². The quantitative estimate of drug-likeness (QED) is 0.188. The SMILES string of the molecule is CCC[C@H](c1ccc(C(=O)NCCC(=O)O)cc1)C(c1ccc(Cl)cc1)c1cccc2c(N)cc(C)cc12. The minimum Gasteiger partial charge on any atom is -0.481 e. The van der Waals surface area contributed by atoms with Gasteiger partial charge in [-0.15, -0.1) is 0 Å². The van der Waals surface area contributed by atoms with Gasteiger partial charge < -0.3 is 16.2 Å². The highest BCUT2D eigenvalue weighted by Crippen LogP contribution is 2.44. The Balaban J connectivity index is 1.79. The summed E-state index contributed by atoms with van der Waals surface area (Å²) in [5.74, 6) is -1.05. The van der Waals surface area contributed by atoms with Gasteiger partial charge in [0.15, 0.2) is 0 Å². The van der Waals surface area contributed by atoms with Gasteiger partial charge in [0.05, 0.1) is 6.42 Å². The zero-order chi connectivity index (χ0) is 27.2. The zero-order valence-corrected chi connectivity index (χ0v) is 22.5. The number of rotatable bonds is 10. The molecular formula is C32H33ClN2O3. The largest absolute Gasteiger partial charge is 0.481 e. The molecule has 1 amide bonds. The number of carboxylic acid groups (broad SMARTS) is 1. The number of hydrogen-bond acceptors (Lipinski definition) is 3. The smallest absolute Gasteiger partial charge is 0.305 e. The molecular weight excluding hydrogens is 496 g/mol. The van der Waals surface area contributed by atoms with E-state index in [1.165, 1.54) is 5.56 Å². The van der Waals surface area contributed by atoms with Crippen molar-refractivity contribution in [1.82, 2.24) is 5.32 Å². The monoisotopic (exact) mass is 528 g/mol. The number of carbonyl (C=O) groups is 2. The Morgan fingerprint density at radius 1 is 0.947 bits per heavy atom. The third kappa shape index (κ3) is 6.17. The Kier molecular flexibility index (Phi) is 8.70. The van der Waals surface area contributed by atoms with Crippen molar-refractivity contribution in [2.75, 3.05) is 12.3 Å². The molecule has 4 aromatic rings. The van der Waals surface area contributed by atoms with Crippen LogP contribution < -0.4 is 11.1 Å². The molecule has 4 N–H and O–H groups in total. The number of fused-ring (bicyclic) bond motifs is 1. The van der Waals surface area contributed by atoms with E-state index in [0.29, 0.717) is 10.6 Å². The normalized spacial score (nSPS) is 12.7. The van der Waals surface area contributed by atoms with Crippen LogP contribution in [0.4, 0.5) is 5.69 Å². The van der Waals surface area contributed by atoms with Crippen molar-refractivity contribution in [1.29, 1.82) is 0 Å². The first-order valence-corrected chi connectivity index (χ1v) is 13.3. The number of amides is 1. The van der Waals surface area contributed by atoms with Crippen molar-refractivity contribution in [3.05, 3.63) is 112 Å². The predicted octanol–water partition coefficient (Wildman–Crippen LogP) is 7.30. The number of aryl methyl sites for hydroxylation is 1. The lowest BCUT2D eigenvalue weighted by molar-refractivity contribution is -0.136. The first-order valence-electron chi connectivity index (χ1n) is 12.9. The molecule has 0 saturated carbocycles. The molecule has 0 fully saturated rings. The molecule has 6 heteroatoms. The number of aliphatic carboxylic acids is 1. The van der Waals surface area contributed by atoms with Gasteiger partial charge in [0.2, 0.25) is 0 Å². The van der Waals surface area contributed by atoms with Crippen LogP contribution in [-0.2, 0) is 4.79 Å². The first kappa shape index (κ1) is 27.2. The highest BCUT2D eigenvalue weighted by Gasteiger charge is 2.28. The molecule has 0 aromatic heterocycles. The average molecular weight is 529 g/mol. The number of carbonyl (C=O) groups excluding carboxylic acids is 1. The van der Waals surface area contributed by atoms with Crippen molar-refractivity contribution in [3.8, 4) is 0 Å². The van der Waals surface area contributed by atoms with Gasteiger partial charge in [-0.25, -0.2) is 0 Å². The van der Waals surface area contributed by atoms with Crippen LogP contribution in [0.3, 0.4) is 0 Å². The summed E-state index contributed by atoms with van der Waals surface area (Å²) in [6, 6.07) is 26.3. The Morgan fingerprint density at radius 2 is 1.63 bits per heavy atom. The number of nitrogens with one attached hydrogen (secondary N) is 1. The van der Waals surface area contributed by atoms with Gasteiger partial charge in [0, 0.05) is 34.1 Å². The van der Waals surface area contributed by atoms with E-state index in [4.69, 9.17) is 22.4 Å². The maximum atomic E-state index is 12.5. The van der Waals surface area contributed by atoms with E-state index >= 15 is 0 Å². The molecule has 0 radical (unpaired) electrons. The molecule has 0 spiro atoms. The molecule has 0 aliphatic heterocycles. The molecule has 5 nitrogen and oxygen atoms in total. The van der Waals surface area contributed by atoms with Crippen LogP contribution in [0.25, 0.3) is 10.8 Å².